The van der Waals surface area contributed by atoms with E-state index >= 15 is 0 Å². The van der Waals surface area contributed by atoms with Crippen LogP contribution in [0.25, 0.3) is 0 Å². The Morgan fingerprint density at radius 3 is 2.57 bits per heavy atom. The number of ether oxygens (including phenoxy) is 1. The number of anilines is 1. The van der Waals surface area contributed by atoms with Crippen molar-refractivity contribution in [3.63, 3.8) is 0 Å². The lowest BCUT2D eigenvalue weighted by molar-refractivity contribution is -0.141. The lowest BCUT2D eigenvalue weighted by Gasteiger charge is -2.21. The predicted octanol–water partition coefficient (Wildman–Crippen LogP) is 2.56. The molecule has 23 heavy (non-hydrogen) atoms. The normalized spacial score (nSPS) is 11.5. The van der Waals surface area contributed by atoms with Crippen molar-refractivity contribution in [1.29, 1.82) is 0 Å². The van der Waals surface area contributed by atoms with E-state index in [1.54, 1.807) is 0 Å². The topological polar surface area (TPSA) is 95.9 Å². The molecule has 0 saturated heterocycles. The van der Waals surface area contributed by atoms with E-state index in [4.69, 9.17) is 5.11 Å². The third-order valence-electron chi connectivity index (χ3n) is 3.02. The molecule has 1 rings (SSSR count). The van der Waals surface area contributed by atoms with Crippen LogP contribution in [0, 0.1) is 11.7 Å². The maximum Gasteiger partial charge on any atom is 0.340 e. The largest absolute Gasteiger partial charge is 0.481 e. The highest BCUT2D eigenvalue weighted by atomic mass is 79.9. The molecule has 7 nitrogen and oxygen atoms in total. The van der Waals surface area contributed by atoms with Gasteiger partial charge >= 0.3 is 18.0 Å². The number of rotatable bonds is 5. The van der Waals surface area contributed by atoms with E-state index < -0.39 is 29.7 Å². The van der Waals surface area contributed by atoms with E-state index in [1.807, 2.05) is 0 Å². The van der Waals surface area contributed by atoms with Crippen LogP contribution in [0.1, 0.15) is 17.3 Å². The molecule has 0 radical (unpaired) electrons. The number of carbonyl (C=O) groups is 3. The van der Waals surface area contributed by atoms with Gasteiger partial charge < -0.3 is 20.1 Å². The molecule has 0 spiro atoms. The van der Waals surface area contributed by atoms with E-state index in [2.05, 4.69) is 26.0 Å². The molecule has 1 atom stereocenters. The first-order valence-corrected chi connectivity index (χ1v) is 7.29. The second-order valence-corrected chi connectivity index (χ2v) is 5.71. The average Bonchev–Trinajstić information content (AvgIpc) is 2.49. The second-order valence-electron chi connectivity index (χ2n) is 4.85. The number of nitrogens with one attached hydrogen (secondary N) is 1. The van der Waals surface area contributed by atoms with Crippen LogP contribution < -0.4 is 5.32 Å². The molecule has 0 aliphatic heterocycles. The first-order chi connectivity index (χ1) is 10.7. The van der Waals surface area contributed by atoms with E-state index in [1.165, 1.54) is 20.0 Å². The molecule has 9 heteroatoms. The Morgan fingerprint density at radius 1 is 1.43 bits per heavy atom. The van der Waals surface area contributed by atoms with Crippen LogP contribution in [-0.4, -0.2) is 48.7 Å². The third-order valence-corrected chi connectivity index (χ3v) is 3.63. The summed E-state index contributed by atoms with van der Waals surface area (Å²) in [5, 5.41) is 11.3. The SMILES string of the molecule is COC(=O)c1cc(F)c(Br)cc1NC(=O)N(C)CC(C)C(=O)O. The molecule has 0 saturated carbocycles. The van der Waals surface area contributed by atoms with Crippen molar-refractivity contribution < 1.29 is 28.6 Å². The maximum absolute atomic E-state index is 13.6. The Balaban J connectivity index is 2.99. The number of carboxylic acids is 1. The van der Waals surface area contributed by atoms with Crippen molar-refractivity contribution >= 4 is 39.6 Å². The molecule has 0 fully saturated rings. The summed E-state index contributed by atoms with van der Waals surface area (Å²) in [6.45, 7) is 1.43. The number of esters is 1. The number of nitrogens with zero attached hydrogens (tertiary/aromatic N) is 1. The Hall–Kier alpha value is -2.16. The second kappa shape index (κ2) is 7.91. The predicted molar refractivity (Wildman–Crippen MR) is 83.9 cm³/mol. The monoisotopic (exact) mass is 390 g/mol. The number of benzene rings is 1. The zero-order valence-corrected chi connectivity index (χ0v) is 14.3. The number of hydrogen-bond donors (Lipinski definition) is 2. The van der Waals surface area contributed by atoms with Crippen molar-refractivity contribution in [2.45, 2.75) is 6.92 Å². The summed E-state index contributed by atoms with van der Waals surface area (Å²) in [5.74, 6) is -3.29. The highest BCUT2D eigenvalue weighted by Crippen LogP contribution is 2.25. The van der Waals surface area contributed by atoms with Crippen molar-refractivity contribution in [2.75, 3.05) is 26.0 Å². The minimum absolute atomic E-state index is 0.0307. The van der Waals surface area contributed by atoms with Crippen LogP contribution in [0.3, 0.4) is 0 Å². The van der Waals surface area contributed by atoms with Crippen molar-refractivity contribution in [1.82, 2.24) is 4.90 Å². The highest BCUT2D eigenvalue weighted by Gasteiger charge is 2.21. The first kappa shape index (κ1) is 18.9. The van der Waals surface area contributed by atoms with Crippen molar-refractivity contribution in [3.05, 3.63) is 28.0 Å². The van der Waals surface area contributed by atoms with Crippen LogP contribution in [0.5, 0.6) is 0 Å². The third kappa shape index (κ3) is 4.92. The summed E-state index contributed by atoms with van der Waals surface area (Å²) < 4.78 is 18.2. The highest BCUT2D eigenvalue weighted by molar-refractivity contribution is 9.10. The van der Waals surface area contributed by atoms with Crippen LogP contribution in [0.15, 0.2) is 16.6 Å². The summed E-state index contributed by atoms with van der Waals surface area (Å²) in [7, 11) is 2.54. The quantitative estimate of drug-likeness (QED) is 0.753. The molecule has 0 bridgehead atoms. The van der Waals surface area contributed by atoms with Gasteiger partial charge in [-0.1, -0.05) is 6.92 Å². The van der Waals surface area contributed by atoms with Gasteiger partial charge in [0, 0.05) is 13.6 Å². The fourth-order valence-corrected chi connectivity index (χ4v) is 2.05. The minimum Gasteiger partial charge on any atom is -0.481 e. The van der Waals surface area contributed by atoms with Crippen LogP contribution in [0.4, 0.5) is 14.9 Å². The number of urea groups is 1. The van der Waals surface area contributed by atoms with Gasteiger partial charge in [-0.15, -0.1) is 0 Å². The molecule has 1 unspecified atom stereocenters. The van der Waals surface area contributed by atoms with Gasteiger partial charge in [0.05, 0.1) is 28.8 Å². The van der Waals surface area contributed by atoms with Gasteiger partial charge in [-0.25, -0.2) is 14.0 Å². The molecule has 0 aliphatic carbocycles. The first-order valence-electron chi connectivity index (χ1n) is 6.49. The molecular weight excluding hydrogens is 375 g/mol. The molecule has 1 aromatic rings. The molecule has 0 aliphatic rings. The fraction of sp³-hybridized carbons (Fsp3) is 0.357. The Labute approximate surface area is 140 Å². The zero-order chi connectivity index (χ0) is 17.7. The Bertz CT molecular complexity index is 638. The fourth-order valence-electron chi connectivity index (χ4n) is 1.71. The summed E-state index contributed by atoms with van der Waals surface area (Å²) in [6.07, 6.45) is 0. The number of aliphatic carboxylic acids is 1. The average molecular weight is 391 g/mol. The number of amides is 2. The van der Waals surface area contributed by atoms with Gasteiger partial charge in [-0.2, -0.15) is 0 Å². The van der Waals surface area contributed by atoms with E-state index in [0.717, 1.165) is 18.1 Å². The number of carboxylic acid groups (broad SMARTS) is 1. The lowest BCUT2D eigenvalue weighted by Crippen LogP contribution is -2.37. The van der Waals surface area contributed by atoms with Gasteiger partial charge in [0.1, 0.15) is 5.82 Å². The van der Waals surface area contributed by atoms with Gasteiger partial charge in [0.15, 0.2) is 0 Å². The molecule has 1 aromatic carbocycles. The van der Waals surface area contributed by atoms with Gasteiger partial charge in [-0.3, -0.25) is 4.79 Å². The minimum atomic E-state index is -1.04. The van der Waals surface area contributed by atoms with Gasteiger partial charge in [0.2, 0.25) is 0 Å². The summed E-state index contributed by atoms with van der Waals surface area (Å²) in [5.41, 5.74) is -0.105. The lowest BCUT2D eigenvalue weighted by atomic mass is 10.1. The number of halogens is 2. The van der Waals surface area contributed by atoms with Crippen LogP contribution in [-0.2, 0) is 9.53 Å². The Kier molecular flexibility index (Phi) is 6.49. The zero-order valence-electron chi connectivity index (χ0n) is 12.7. The molecule has 2 N–H and O–H groups in total. The van der Waals surface area contributed by atoms with Gasteiger partial charge in [0.25, 0.3) is 0 Å². The molecule has 0 heterocycles. The standard InChI is InChI=1S/C14H16BrFN2O5/c1-7(12(19)20)6-18(2)14(22)17-11-5-9(15)10(16)4-8(11)13(21)23-3/h4-5,7H,6H2,1-3H3,(H,17,22)(H,19,20). The summed E-state index contributed by atoms with van der Waals surface area (Å²) in [6, 6.07) is 1.53. The molecule has 126 valence electrons. The molecular formula is C14H16BrFN2O5. The van der Waals surface area contributed by atoms with Crippen LogP contribution in [0.2, 0.25) is 0 Å². The molecule has 0 aromatic heterocycles. The van der Waals surface area contributed by atoms with E-state index in [0.29, 0.717) is 0 Å². The van der Waals surface area contributed by atoms with Crippen molar-refractivity contribution in [2.24, 2.45) is 5.92 Å². The number of methoxy groups -OCH3 is 1. The number of carbonyl (C=O) groups excluding carboxylic acids is 2. The maximum atomic E-state index is 13.6. The smallest absolute Gasteiger partial charge is 0.340 e. The van der Waals surface area contributed by atoms with Gasteiger partial charge in [-0.05, 0) is 28.1 Å². The van der Waals surface area contributed by atoms with Crippen molar-refractivity contribution in [3.8, 4) is 0 Å². The summed E-state index contributed by atoms with van der Waals surface area (Å²) in [4.78, 5) is 35.7. The van der Waals surface area contributed by atoms with Crippen LogP contribution >= 0.6 is 15.9 Å². The number of hydrogen-bond acceptors (Lipinski definition) is 4. The van der Waals surface area contributed by atoms with E-state index in [-0.39, 0.29) is 22.3 Å². The summed E-state index contributed by atoms with van der Waals surface area (Å²) >= 11 is 2.97. The van der Waals surface area contributed by atoms with E-state index in [9.17, 15) is 18.8 Å². The Morgan fingerprint density at radius 2 is 2.04 bits per heavy atom. The molecule has 2 amide bonds.